The maximum absolute atomic E-state index is 13.4. The fraction of sp³-hybridized carbons (Fsp3) is 0.381. The van der Waals surface area contributed by atoms with Crippen molar-refractivity contribution in [1.82, 2.24) is 4.90 Å². The predicted octanol–water partition coefficient (Wildman–Crippen LogP) is 2.91. The molecule has 0 aromatic heterocycles. The van der Waals surface area contributed by atoms with E-state index in [-0.39, 0.29) is 39.1 Å². The Labute approximate surface area is 178 Å². The van der Waals surface area contributed by atoms with Gasteiger partial charge in [0.1, 0.15) is 5.75 Å². The number of amides is 1. The molecule has 0 bridgehead atoms. The maximum Gasteiger partial charge on any atom is 0.417 e. The molecule has 1 saturated heterocycles. The number of aliphatic hydroxyl groups is 1. The van der Waals surface area contributed by atoms with Gasteiger partial charge in [-0.25, -0.2) is 8.42 Å². The van der Waals surface area contributed by atoms with E-state index in [4.69, 9.17) is 9.84 Å². The highest BCUT2D eigenvalue weighted by molar-refractivity contribution is 7.96. The van der Waals surface area contributed by atoms with Gasteiger partial charge in [-0.05, 0) is 36.6 Å². The molecule has 0 spiro atoms. The van der Waals surface area contributed by atoms with Gasteiger partial charge >= 0.3 is 6.18 Å². The fourth-order valence-corrected chi connectivity index (χ4v) is 5.40. The Morgan fingerprint density at radius 2 is 1.94 bits per heavy atom. The summed E-state index contributed by atoms with van der Waals surface area (Å²) >= 11 is 0. The summed E-state index contributed by atoms with van der Waals surface area (Å²) in [5, 5.41) is 7.91. The second-order valence-electron chi connectivity index (χ2n) is 7.20. The number of nitrogens with zero attached hydrogens (tertiary/aromatic N) is 1. The van der Waals surface area contributed by atoms with Gasteiger partial charge in [-0.2, -0.15) is 13.2 Å². The molecule has 0 radical (unpaired) electrons. The molecule has 168 valence electrons. The van der Waals surface area contributed by atoms with Crippen LogP contribution in [0.5, 0.6) is 5.75 Å². The highest BCUT2D eigenvalue weighted by Gasteiger charge is 2.44. The standard InChI is InChI=1S/C21H22F3NO5S/c22-21(23,24)18-4-2-1-3-5-19(18)31(28,29)17-10-11-25(12-17)20(27)14-30-16-8-6-15(13-26)7-9-16/h1-2,4-9,17,26H,3,10-14H2. The number of allylic oxidation sites excluding steroid dienone is 5. The van der Waals surface area contributed by atoms with Gasteiger partial charge in [-0.3, -0.25) is 4.79 Å². The van der Waals surface area contributed by atoms with Crippen LogP contribution in [-0.4, -0.2) is 55.5 Å². The van der Waals surface area contributed by atoms with Gasteiger partial charge in [-0.1, -0.05) is 30.4 Å². The average Bonchev–Trinajstić information content (AvgIpc) is 3.09. The molecule has 1 aliphatic carbocycles. The second-order valence-corrected chi connectivity index (χ2v) is 9.39. The summed E-state index contributed by atoms with van der Waals surface area (Å²) in [5.41, 5.74) is -0.512. The van der Waals surface area contributed by atoms with Crippen molar-refractivity contribution >= 4 is 15.7 Å². The lowest BCUT2D eigenvalue weighted by Crippen LogP contribution is -2.35. The molecule has 31 heavy (non-hydrogen) atoms. The van der Waals surface area contributed by atoms with Crippen molar-refractivity contribution in [2.45, 2.75) is 30.9 Å². The van der Waals surface area contributed by atoms with Crippen molar-refractivity contribution in [3.05, 3.63) is 64.6 Å². The Morgan fingerprint density at radius 3 is 2.58 bits per heavy atom. The van der Waals surface area contributed by atoms with Gasteiger partial charge in [0, 0.05) is 13.1 Å². The second kappa shape index (κ2) is 9.27. The summed E-state index contributed by atoms with van der Waals surface area (Å²) in [7, 11) is -4.28. The molecule has 6 nitrogen and oxygen atoms in total. The lowest BCUT2D eigenvalue weighted by molar-refractivity contribution is -0.132. The summed E-state index contributed by atoms with van der Waals surface area (Å²) in [6, 6.07) is 6.46. The van der Waals surface area contributed by atoms with Crippen molar-refractivity contribution in [2.24, 2.45) is 0 Å². The number of alkyl halides is 3. The SMILES string of the molecule is O=C(COc1ccc(CO)cc1)N1CCC(S(=O)(=O)C2=CCC=CC=C2C(F)(F)F)C1. The molecule has 1 atom stereocenters. The molecular weight excluding hydrogens is 435 g/mol. The number of hydrogen-bond donors (Lipinski definition) is 1. The molecule has 1 unspecified atom stereocenters. The average molecular weight is 457 g/mol. The van der Waals surface area contributed by atoms with E-state index >= 15 is 0 Å². The fourth-order valence-electron chi connectivity index (χ4n) is 3.43. The first-order chi connectivity index (χ1) is 14.6. The molecular formula is C21H22F3NO5S. The van der Waals surface area contributed by atoms with Crippen LogP contribution in [-0.2, 0) is 21.2 Å². The molecule has 1 aliphatic heterocycles. The maximum atomic E-state index is 13.4. The predicted molar refractivity (Wildman–Crippen MR) is 108 cm³/mol. The van der Waals surface area contributed by atoms with Gasteiger partial charge < -0.3 is 14.7 Å². The van der Waals surface area contributed by atoms with Crippen LogP contribution in [0.3, 0.4) is 0 Å². The quantitative estimate of drug-likeness (QED) is 0.710. The van der Waals surface area contributed by atoms with Gasteiger partial charge in [0.15, 0.2) is 16.4 Å². The molecule has 1 amide bonds. The van der Waals surface area contributed by atoms with E-state index in [1.54, 1.807) is 24.3 Å². The monoisotopic (exact) mass is 457 g/mol. The molecule has 3 rings (SSSR count). The van der Waals surface area contributed by atoms with E-state index in [2.05, 4.69) is 0 Å². The number of carbonyl (C=O) groups is 1. The topological polar surface area (TPSA) is 83.9 Å². The highest BCUT2D eigenvalue weighted by Crippen LogP contribution is 2.38. The van der Waals surface area contributed by atoms with Crippen molar-refractivity contribution in [3.8, 4) is 5.75 Å². The van der Waals surface area contributed by atoms with Gasteiger partial charge in [0.2, 0.25) is 0 Å². The highest BCUT2D eigenvalue weighted by atomic mass is 32.2. The first kappa shape index (κ1) is 23.1. The van der Waals surface area contributed by atoms with E-state index in [9.17, 15) is 26.4 Å². The zero-order chi connectivity index (χ0) is 22.6. The van der Waals surface area contributed by atoms with Crippen LogP contribution in [0.4, 0.5) is 13.2 Å². The molecule has 2 aliphatic rings. The van der Waals surface area contributed by atoms with Crippen LogP contribution in [0, 0.1) is 0 Å². The minimum Gasteiger partial charge on any atom is -0.484 e. The molecule has 1 aromatic rings. The van der Waals surface area contributed by atoms with E-state index < -0.39 is 37.6 Å². The molecule has 1 heterocycles. The zero-order valence-electron chi connectivity index (χ0n) is 16.5. The lowest BCUT2D eigenvalue weighted by atomic mass is 10.2. The number of aliphatic hydroxyl groups excluding tert-OH is 1. The van der Waals surface area contributed by atoms with E-state index in [0.29, 0.717) is 11.3 Å². The number of carbonyl (C=O) groups excluding carboxylic acids is 1. The van der Waals surface area contributed by atoms with Crippen LogP contribution in [0.15, 0.2) is 59.0 Å². The van der Waals surface area contributed by atoms with E-state index in [1.165, 1.54) is 17.1 Å². The number of likely N-dealkylation sites (tertiary alicyclic amines) is 1. The van der Waals surface area contributed by atoms with Gasteiger partial charge in [0.25, 0.3) is 5.91 Å². The smallest absolute Gasteiger partial charge is 0.417 e. The zero-order valence-corrected chi connectivity index (χ0v) is 17.3. The van der Waals surface area contributed by atoms with Crippen molar-refractivity contribution < 1.29 is 36.2 Å². The molecule has 1 N–H and O–H groups in total. The molecule has 0 saturated carbocycles. The number of sulfone groups is 1. The Balaban J connectivity index is 1.66. The van der Waals surface area contributed by atoms with Crippen LogP contribution in [0.1, 0.15) is 18.4 Å². The number of ether oxygens (including phenoxy) is 1. The summed E-state index contributed by atoms with van der Waals surface area (Å²) in [6.45, 7) is -0.526. The number of benzene rings is 1. The summed E-state index contributed by atoms with van der Waals surface area (Å²) in [4.78, 5) is 13.0. The minimum absolute atomic E-state index is 0.0508. The van der Waals surface area contributed by atoms with E-state index in [1.807, 2.05) is 0 Å². The Bertz CT molecular complexity index is 1010. The Hall–Kier alpha value is -2.59. The van der Waals surface area contributed by atoms with Crippen LogP contribution in [0.2, 0.25) is 0 Å². The van der Waals surface area contributed by atoms with E-state index in [0.717, 1.165) is 12.2 Å². The summed E-state index contributed by atoms with van der Waals surface area (Å²) in [5.74, 6) is -0.0444. The van der Waals surface area contributed by atoms with Gasteiger partial charge in [-0.15, -0.1) is 0 Å². The number of rotatable bonds is 6. The third kappa shape index (κ3) is 5.37. The first-order valence-corrected chi connectivity index (χ1v) is 11.2. The molecule has 1 fully saturated rings. The first-order valence-electron chi connectivity index (χ1n) is 9.61. The Kier molecular flexibility index (Phi) is 6.90. The third-order valence-electron chi connectivity index (χ3n) is 5.12. The van der Waals surface area contributed by atoms with Gasteiger partial charge in [0.05, 0.1) is 22.3 Å². The van der Waals surface area contributed by atoms with Crippen molar-refractivity contribution in [2.75, 3.05) is 19.7 Å². The largest absolute Gasteiger partial charge is 0.484 e. The lowest BCUT2D eigenvalue weighted by Gasteiger charge is -2.20. The van der Waals surface area contributed by atoms with Crippen LogP contribution < -0.4 is 4.74 Å². The Morgan fingerprint density at radius 1 is 1.23 bits per heavy atom. The summed E-state index contributed by atoms with van der Waals surface area (Å²) in [6.07, 6.45) is -0.203. The number of hydrogen-bond acceptors (Lipinski definition) is 5. The van der Waals surface area contributed by atoms with Crippen LogP contribution >= 0.6 is 0 Å². The summed E-state index contributed by atoms with van der Waals surface area (Å²) < 4.78 is 71.6. The minimum atomic E-state index is -4.80. The number of halogens is 3. The van der Waals surface area contributed by atoms with Crippen molar-refractivity contribution in [1.29, 1.82) is 0 Å². The third-order valence-corrected chi connectivity index (χ3v) is 7.38. The molecule has 1 aromatic carbocycles. The molecule has 10 heteroatoms. The van der Waals surface area contributed by atoms with Crippen LogP contribution in [0.25, 0.3) is 0 Å². The van der Waals surface area contributed by atoms with Crippen molar-refractivity contribution in [3.63, 3.8) is 0 Å². The normalized spacial score (nSPS) is 19.6.